The number of aromatic nitrogens is 3. The minimum Gasteiger partial charge on any atom is -0.350 e. The van der Waals surface area contributed by atoms with Crippen molar-refractivity contribution in [3.8, 4) is 0 Å². The van der Waals surface area contributed by atoms with Crippen LogP contribution in [0.2, 0.25) is 0 Å². The fourth-order valence-electron chi connectivity index (χ4n) is 2.17. The topological polar surface area (TPSA) is 70.7 Å². The largest absolute Gasteiger partial charge is 0.350 e. The van der Waals surface area contributed by atoms with E-state index in [0.717, 1.165) is 26.7 Å². The van der Waals surface area contributed by atoms with Crippen molar-refractivity contribution in [2.24, 2.45) is 0 Å². The number of hydrogen-bond donors (Lipinski definition) is 2. The second-order valence-corrected chi connectivity index (χ2v) is 7.86. The molecule has 0 bridgehead atoms. The molecule has 0 saturated heterocycles. The number of aromatic amines is 1. The first-order chi connectivity index (χ1) is 11.1. The van der Waals surface area contributed by atoms with E-state index < -0.39 is 0 Å². The minimum atomic E-state index is 0.0315. The number of hydrogen-bond acceptors (Lipinski definition) is 5. The lowest BCUT2D eigenvalue weighted by Gasteiger charge is -2.08. The van der Waals surface area contributed by atoms with E-state index in [1.54, 1.807) is 23.1 Å². The van der Waals surface area contributed by atoms with Gasteiger partial charge in [-0.1, -0.05) is 12.1 Å². The molecule has 120 valence electrons. The molecule has 3 rings (SSSR count). The van der Waals surface area contributed by atoms with Crippen LogP contribution in [0.3, 0.4) is 0 Å². The minimum absolute atomic E-state index is 0.0315. The smallest absolute Gasteiger partial charge is 0.230 e. The molecule has 1 atom stereocenters. The number of nitrogens with zero attached hydrogens (tertiary/aromatic N) is 2. The quantitative estimate of drug-likeness (QED) is 0.717. The molecule has 0 spiro atoms. The zero-order chi connectivity index (χ0) is 16.2. The first kappa shape index (κ1) is 16.0. The van der Waals surface area contributed by atoms with E-state index in [4.69, 9.17) is 0 Å². The summed E-state index contributed by atoms with van der Waals surface area (Å²) in [5, 5.41) is 4.08. The number of benzene rings is 1. The van der Waals surface area contributed by atoms with Crippen molar-refractivity contribution in [2.75, 3.05) is 5.75 Å². The number of para-hydroxylation sites is 2. The Morgan fingerprint density at radius 3 is 3.00 bits per heavy atom. The van der Waals surface area contributed by atoms with Gasteiger partial charge in [0.15, 0.2) is 0 Å². The summed E-state index contributed by atoms with van der Waals surface area (Å²) >= 11 is 3.18. The molecule has 0 aliphatic heterocycles. The van der Waals surface area contributed by atoms with E-state index in [9.17, 15) is 4.79 Å². The van der Waals surface area contributed by atoms with Gasteiger partial charge in [0.25, 0.3) is 0 Å². The number of H-pyrrole nitrogens is 1. The van der Waals surface area contributed by atoms with E-state index in [1.807, 2.05) is 37.4 Å². The van der Waals surface area contributed by atoms with Gasteiger partial charge in [-0.25, -0.2) is 9.97 Å². The van der Waals surface area contributed by atoms with Crippen LogP contribution in [0, 0.1) is 6.92 Å². The van der Waals surface area contributed by atoms with Crippen LogP contribution in [0.1, 0.15) is 27.9 Å². The third-order valence-electron chi connectivity index (χ3n) is 3.39. The molecule has 2 N–H and O–H groups in total. The maximum atomic E-state index is 12.0. The van der Waals surface area contributed by atoms with Gasteiger partial charge in [0, 0.05) is 11.1 Å². The Balaban J connectivity index is 1.49. The zero-order valence-corrected chi connectivity index (χ0v) is 14.6. The molecule has 1 unspecified atom stereocenters. The second kappa shape index (κ2) is 7.14. The molecule has 1 amide bonds. The van der Waals surface area contributed by atoms with Crippen molar-refractivity contribution < 1.29 is 4.79 Å². The summed E-state index contributed by atoms with van der Waals surface area (Å²) in [5.74, 6) is 1.35. The summed E-state index contributed by atoms with van der Waals surface area (Å²) in [6, 6.07) is 7.94. The van der Waals surface area contributed by atoms with Gasteiger partial charge in [0.1, 0.15) is 5.82 Å². The molecule has 0 radical (unpaired) electrons. The average molecular weight is 346 g/mol. The number of rotatable bonds is 6. The van der Waals surface area contributed by atoms with Crippen LogP contribution in [0.4, 0.5) is 0 Å². The molecule has 7 heteroatoms. The van der Waals surface area contributed by atoms with E-state index in [2.05, 4.69) is 27.2 Å². The Hall–Kier alpha value is -1.86. The molecule has 0 saturated carbocycles. The number of fused-ring (bicyclic) bond motifs is 1. The monoisotopic (exact) mass is 346 g/mol. The number of thioether (sulfide) groups is 1. The number of amides is 1. The van der Waals surface area contributed by atoms with Crippen LogP contribution >= 0.6 is 23.1 Å². The van der Waals surface area contributed by atoms with Crippen LogP contribution in [-0.4, -0.2) is 26.6 Å². The first-order valence-electron chi connectivity index (χ1n) is 7.36. The lowest BCUT2D eigenvalue weighted by Crippen LogP contribution is -2.24. The number of thiazole rings is 1. The van der Waals surface area contributed by atoms with Crippen LogP contribution in [0.25, 0.3) is 11.0 Å². The van der Waals surface area contributed by atoms with Crippen molar-refractivity contribution in [1.29, 1.82) is 0 Å². The highest BCUT2D eigenvalue weighted by molar-refractivity contribution is 8.00. The summed E-state index contributed by atoms with van der Waals surface area (Å²) in [7, 11) is 0. The van der Waals surface area contributed by atoms with Crippen LogP contribution < -0.4 is 5.32 Å². The fraction of sp³-hybridized carbons (Fsp3) is 0.312. The van der Waals surface area contributed by atoms with E-state index in [0.29, 0.717) is 12.3 Å². The van der Waals surface area contributed by atoms with Gasteiger partial charge < -0.3 is 10.3 Å². The number of nitrogens with one attached hydrogen (secondary N) is 2. The van der Waals surface area contributed by atoms with E-state index >= 15 is 0 Å². The Labute approximate surface area is 142 Å². The standard InChI is InChI=1S/C16H18N4OS2/c1-10(16-19-13-5-3-4-6-14(13)20-16)22-9-15(21)18-8-12-7-17-11(2)23-12/h3-7,10H,8-9H2,1-2H3,(H,18,21)(H,19,20). The fourth-order valence-corrected chi connectivity index (χ4v) is 3.68. The molecule has 2 aromatic heterocycles. The van der Waals surface area contributed by atoms with Gasteiger partial charge in [-0.05, 0) is 26.0 Å². The third kappa shape index (κ3) is 4.11. The van der Waals surface area contributed by atoms with Gasteiger partial charge in [0.2, 0.25) is 5.91 Å². The zero-order valence-electron chi connectivity index (χ0n) is 13.0. The Morgan fingerprint density at radius 1 is 1.43 bits per heavy atom. The van der Waals surface area contributed by atoms with Crippen molar-refractivity contribution in [3.05, 3.63) is 46.2 Å². The summed E-state index contributed by atoms with van der Waals surface area (Å²) in [5.41, 5.74) is 1.99. The number of carbonyl (C=O) groups excluding carboxylic acids is 1. The van der Waals surface area contributed by atoms with E-state index in [-0.39, 0.29) is 11.2 Å². The number of imidazole rings is 1. The highest BCUT2D eigenvalue weighted by atomic mass is 32.2. The average Bonchev–Trinajstić information content (AvgIpc) is 3.16. The van der Waals surface area contributed by atoms with Gasteiger partial charge >= 0.3 is 0 Å². The second-order valence-electron chi connectivity index (χ2n) is 5.21. The van der Waals surface area contributed by atoms with Gasteiger partial charge in [-0.2, -0.15) is 0 Å². The van der Waals surface area contributed by atoms with E-state index in [1.165, 1.54) is 0 Å². The SMILES string of the molecule is Cc1ncc(CNC(=O)CSC(C)c2nc3ccccc3[nH]2)s1. The summed E-state index contributed by atoms with van der Waals surface area (Å²) in [4.78, 5) is 25.1. The number of carbonyl (C=O) groups is 1. The lowest BCUT2D eigenvalue weighted by molar-refractivity contribution is -0.118. The molecule has 3 aromatic rings. The summed E-state index contributed by atoms with van der Waals surface area (Å²) in [6.07, 6.45) is 1.81. The molecule has 5 nitrogen and oxygen atoms in total. The molecule has 2 heterocycles. The predicted octanol–water partition coefficient (Wildman–Crippen LogP) is 3.44. The van der Waals surface area contributed by atoms with Crippen LogP contribution in [0.15, 0.2) is 30.5 Å². The van der Waals surface area contributed by atoms with Crippen molar-refractivity contribution in [2.45, 2.75) is 25.6 Å². The van der Waals surface area contributed by atoms with Crippen LogP contribution in [-0.2, 0) is 11.3 Å². The molecular formula is C16H18N4OS2. The maximum absolute atomic E-state index is 12.0. The first-order valence-corrected chi connectivity index (χ1v) is 9.22. The number of aryl methyl sites for hydroxylation is 1. The molecular weight excluding hydrogens is 328 g/mol. The molecule has 0 aliphatic rings. The van der Waals surface area contributed by atoms with Crippen molar-refractivity contribution >= 4 is 40.0 Å². The summed E-state index contributed by atoms with van der Waals surface area (Å²) < 4.78 is 0. The van der Waals surface area contributed by atoms with Crippen molar-refractivity contribution in [3.63, 3.8) is 0 Å². The molecule has 1 aromatic carbocycles. The Morgan fingerprint density at radius 2 is 2.26 bits per heavy atom. The highest BCUT2D eigenvalue weighted by Gasteiger charge is 2.13. The van der Waals surface area contributed by atoms with Crippen LogP contribution in [0.5, 0.6) is 0 Å². The molecule has 23 heavy (non-hydrogen) atoms. The Bertz CT molecular complexity index is 778. The third-order valence-corrected chi connectivity index (χ3v) is 5.45. The maximum Gasteiger partial charge on any atom is 0.230 e. The normalized spacial score (nSPS) is 12.4. The van der Waals surface area contributed by atoms with Crippen molar-refractivity contribution in [1.82, 2.24) is 20.3 Å². The summed E-state index contributed by atoms with van der Waals surface area (Å²) in [6.45, 7) is 4.56. The molecule has 0 fully saturated rings. The predicted molar refractivity (Wildman–Crippen MR) is 95.7 cm³/mol. The molecule has 0 aliphatic carbocycles. The Kier molecular flexibility index (Phi) is 4.97. The lowest BCUT2D eigenvalue weighted by atomic mass is 10.3. The van der Waals surface area contributed by atoms with Gasteiger partial charge in [-0.15, -0.1) is 23.1 Å². The van der Waals surface area contributed by atoms with Gasteiger partial charge in [-0.3, -0.25) is 4.79 Å². The highest BCUT2D eigenvalue weighted by Crippen LogP contribution is 2.27. The van der Waals surface area contributed by atoms with Gasteiger partial charge in [0.05, 0.1) is 33.6 Å².